The minimum atomic E-state index is -3.74. The van der Waals surface area contributed by atoms with Crippen molar-refractivity contribution in [2.24, 2.45) is 5.14 Å². The van der Waals surface area contributed by atoms with E-state index >= 15 is 0 Å². The van der Waals surface area contributed by atoms with Gasteiger partial charge in [0.1, 0.15) is 5.76 Å². The first-order chi connectivity index (χ1) is 10.8. The smallest absolute Gasteiger partial charge is 0.241 e. The molecule has 23 heavy (non-hydrogen) atoms. The number of likely N-dealkylation sites (N-methyl/N-ethyl adjacent to an activating group) is 1. The Hall–Kier alpha value is -2.16. The number of rotatable bonds is 6. The van der Waals surface area contributed by atoms with Gasteiger partial charge in [-0.25, -0.2) is 13.6 Å². The topological polar surface area (TPSA) is 106 Å². The monoisotopic (exact) mass is 337 g/mol. The summed E-state index contributed by atoms with van der Waals surface area (Å²) in [6.07, 6.45) is 1.58. The second-order valence-electron chi connectivity index (χ2n) is 5.23. The molecule has 0 aliphatic heterocycles. The summed E-state index contributed by atoms with van der Waals surface area (Å²) in [6, 6.07) is 8.93. The highest BCUT2D eigenvalue weighted by Gasteiger charge is 2.19. The molecule has 1 heterocycles. The Morgan fingerprint density at radius 3 is 2.48 bits per heavy atom. The number of carbonyl (C=O) groups excluding carboxylic acids is 1. The van der Waals surface area contributed by atoms with E-state index in [-0.39, 0.29) is 10.8 Å². The zero-order chi connectivity index (χ0) is 17.0. The maximum absolute atomic E-state index is 12.2. The van der Waals surface area contributed by atoms with Gasteiger partial charge < -0.3 is 9.73 Å². The first-order valence-corrected chi connectivity index (χ1v) is 8.48. The van der Waals surface area contributed by atoms with Crippen molar-refractivity contribution in [3.05, 3.63) is 48.4 Å². The number of hydrogen-bond donors (Lipinski definition) is 2. The number of anilines is 1. The number of benzene rings is 1. The van der Waals surface area contributed by atoms with Crippen molar-refractivity contribution in [3.8, 4) is 0 Å². The maximum Gasteiger partial charge on any atom is 0.241 e. The summed E-state index contributed by atoms with van der Waals surface area (Å²) in [5, 5.41) is 7.76. The lowest BCUT2D eigenvalue weighted by Gasteiger charge is -2.22. The van der Waals surface area contributed by atoms with Crippen LogP contribution in [0.2, 0.25) is 0 Å². The molecule has 0 aliphatic carbocycles. The zero-order valence-corrected chi connectivity index (χ0v) is 13.7. The van der Waals surface area contributed by atoms with E-state index in [0.29, 0.717) is 12.2 Å². The summed E-state index contributed by atoms with van der Waals surface area (Å²) >= 11 is 0. The Bertz CT molecular complexity index is 755. The van der Waals surface area contributed by atoms with Crippen molar-refractivity contribution in [1.82, 2.24) is 4.90 Å². The molecular formula is C15H19N3O4S. The fourth-order valence-electron chi connectivity index (χ4n) is 1.96. The number of nitrogens with zero attached hydrogens (tertiary/aromatic N) is 1. The van der Waals surface area contributed by atoms with E-state index in [1.807, 2.05) is 18.0 Å². The Morgan fingerprint density at radius 1 is 1.30 bits per heavy atom. The molecule has 3 N–H and O–H groups in total. The molecule has 0 aliphatic rings. The van der Waals surface area contributed by atoms with Gasteiger partial charge in [0.2, 0.25) is 15.9 Å². The summed E-state index contributed by atoms with van der Waals surface area (Å²) in [5.74, 6) is 0.562. The predicted octanol–water partition coefficient (Wildman–Crippen LogP) is 1.39. The molecule has 1 aromatic heterocycles. The highest BCUT2D eigenvalue weighted by molar-refractivity contribution is 7.89. The first-order valence-electron chi connectivity index (χ1n) is 6.94. The van der Waals surface area contributed by atoms with Crippen LogP contribution in [0.25, 0.3) is 0 Å². The van der Waals surface area contributed by atoms with Gasteiger partial charge >= 0.3 is 0 Å². The van der Waals surface area contributed by atoms with Crippen LogP contribution in [0.4, 0.5) is 5.69 Å². The van der Waals surface area contributed by atoms with Crippen LogP contribution in [-0.2, 0) is 21.4 Å². The number of nitrogens with one attached hydrogen (secondary N) is 1. The van der Waals surface area contributed by atoms with Gasteiger partial charge in [-0.05, 0) is 50.4 Å². The van der Waals surface area contributed by atoms with Gasteiger partial charge in [0.25, 0.3) is 0 Å². The highest BCUT2D eigenvalue weighted by atomic mass is 32.2. The van der Waals surface area contributed by atoms with Crippen molar-refractivity contribution < 1.29 is 17.6 Å². The molecule has 8 heteroatoms. The molecule has 0 radical (unpaired) electrons. The minimum Gasteiger partial charge on any atom is -0.468 e. The van der Waals surface area contributed by atoms with Crippen molar-refractivity contribution in [2.45, 2.75) is 24.4 Å². The van der Waals surface area contributed by atoms with E-state index in [0.717, 1.165) is 5.76 Å². The lowest BCUT2D eigenvalue weighted by atomic mass is 10.2. The highest BCUT2D eigenvalue weighted by Crippen LogP contribution is 2.14. The van der Waals surface area contributed by atoms with E-state index < -0.39 is 16.1 Å². The minimum absolute atomic E-state index is 0.00140. The van der Waals surface area contributed by atoms with Gasteiger partial charge in [-0.3, -0.25) is 9.69 Å². The van der Waals surface area contributed by atoms with Crippen LogP contribution in [0.3, 0.4) is 0 Å². The van der Waals surface area contributed by atoms with Crippen LogP contribution in [0, 0.1) is 0 Å². The van der Waals surface area contributed by atoms with Crippen LogP contribution >= 0.6 is 0 Å². The van der Waals surface area contributed by atoms with Gasteiger partial charge in [0.15, 0.2) is 0 Å². The molecule has 2 aromatic rings. The molecule has 7 nitrogen and oxygen atoms in total. The number of primary sulfonamides is 1. The standard InChI is InChI=1S/C15H19N3O4S/c1-11(18(2)10-13-4-3-9-22-13)15(19)17-12-5-7-14(8-6-12)23(16,20)21/h3-9,11H,10H2,1-2H3,(H,17,19)(H2,16,20,21)/t11-/m1/s1. The average Bonchev–Trinajstić information content (AvgIpc) is 2.98. The maximum atomic E-state index is 12.2. The Morgan fingerprint density at radius 2 is 1.96 bits per heavy atom. The van der Waals surface area contributed by atoms with E-state index in [9.17, 15) is 13.2 Å². The van der Waals surface area contributed by atoms with Crippen molar-refractivity contribution in [3.63, 3.8) is 0 Å². The second kappa shape index (κ2) is 6.95. The van der Waals surface area contributed by atoms with Crippen LogP contribution in [0.15, 0.2) is 52.0 Å². The number of amides is 1. The average molecular weight is 337 g/mol. The van der Waals surface area contributed by atoms with E-state index in [1.54, 1.807) is 19.3 Å². The zero-order valence-electron chi connectivity index (χ0n) is 12.9. The lowest BCUT2D eigenvalue weighted by Crippen LogP contribution is -2.39. The fraction of sp³-hybridized carbons (Fsp3) is 0.267. The Labute approximate surface area is 135 Å². The molecule has 0 fully saturated rings. The molecule has 0 saturated carbocycles. The number of hydrogen-bond acceptors (Lipinski definition) is 5. The van der Waals surface area contributed by atoms with Crippen LogP contribution in [0.1, 0.15) is 12.7 Å². The predicted molar refractivity (Wildman–Crippen MR) is 86.1 cm³/mol. The Kier molecular flexibility index (Phi) is 5.19. The molecule has 1 atom stereocenters. The molecule has 0 unspecified atom stereocenters. The molecule has 1 amide bonds. The quantitative estimate of drug-likeness (QED) is 0.828. The molecule has 1 aromatic carbocycles. The van der Waals surface area contributed by atoms with Crippen LogP contribution in [0.5, 0.6) is 0 Å². The number of sulfonamides is 1. The molecule has 0 spiro atoms. The third-order valence-corrected chi connectivity index (χ3v) is 4.41. The molecular weight excluding hydrogens is 318 g/mol. The summed E-state index contributed by atoms with van der Waals surface area (Å²) in [6.45, 7) is 2.28. The molecule has 124 valence electrons. The fourth-order valence-corrected chi connectivity index (χ4v) is 2.48. The third-order valence-electron chi connectivity index (χ3n) is 3.48. The third kappa shape index (κ3) is 4.65. The van der Waals surface area contributed by atoms with Crippen LogP contribution in [-0.4, -0.2) is 32.3 Å². The lowest BCUT2D eigenvalue weighted by molar-refractivity contribution is -0.120. The van der Waals surface area contributed by atoms with Gasteiger partial charge in [0.05, 0.1) is 23.7 Å². The summed E-state index contributed by atoms with van der Waals surface area (Å²) < 4.78 is 27.6. The van der Waals surface area contributed by atoms with Gasteiger partial charge in [0, 0.05) is 5.69 Å². The summed E-state index contributed by atoms with van der Waals surface area (Å²) in [5.41, 5.74) is 0.501. The summed E-state index contributed by atoms with van der Waals surface area (Å²) in [4.78, 5) is 14.1. The van der Waals surface area contributed by atoms with E-state index in [4.69, 9.17) is 9.56 Å². The SMILES string of the molecule is C[C@H](C(=O)Nc1ccc(S(N)(=O)=O)cc1)N(C)Cc1ccco1. The normalized spacial score (nSPS) is 13.0. The van der Waals surface area contributed by atoms with Crippen LogP contribution < -0.4 is 10.5 Å². The molecule has 0 bridgehead atoms. The first kappa shape index (κ1) is 17.2. The van der Waals surface area contributed by atoms with Crippen molar-refractivity contribution in [1.29, 1.82) is 0 Å². The summed E-state index contributed by atoms with van der Waals surface area (Å²) in [7, 11) is -1.92. The van der Waals surface area contributed by atoms with E-state index in [1.165, 1.54) is 24.3 Å². The van der Waals surface area contributed by atoms with Gasteiger partial charge in [-0.15, -0.1) is 0 Å². The number of nitrogens with two attached hydrogens (primary N) is 1. The van der Waals surface area contributed by atoms with Crippen molar-refractivity contribution in [2.75, 3.05) is 12.4 Å². The van der Waals surface area contributed by atoms with E-state index in [2.05, 4.69) is 5.32 Å². The largest absolute Gasteiger partial charge is 0.468 e. The molecule has 0 saturated heterocycles. The molecule has 2 rings (SSSR count). The number of carbonyl (C=O) groups is 1. The van der Waals surface area contributed by atoms with Gasteiger partial charge in [-0.2, -0.15) is 0 Å². The Balaban J connectivity index is 1.97. The van der Waals surface area contributed by atoms with Crippen molar-refractivity contribution >= 4 is 21.6 Å². The second-order valence-corrected chi connectivity index (χ2v) is 6.79. The number of furan rings is 1. The van der Waals surface area contributed by atoms with Gasteiger partial charge in [-0.1, -0.05) is 0 Å².